The third-order valence-corrected chi connectivity index (χ3v) is 3.50. The summed E-state index contributed by atoms with van der Waals surface area (Å²) in [6.45, 7) is 0.247. The van der Waals surface area contributed by atoms with Gasteiger partial charge in [0.15, 0.2) is 0 Å². The Morgan fingerprint density at radius 1 is 1.69 bits per heavy atom. The highest BCUT2D eigenvalue weighted by atomic mass is 35.5. The van der Waals surface area contributed by atoms with Crippen LogP contribution in [0.3, 0.4) is 0 Å². The highest BCUT2D eigenvalue weighted by Gasteiger charge is 2.16. The number of nitrogens with two attached hydrogens (primary N) is 1. The Kier molecular flexibility index (Phi) is 5.21. The molecule has 1 amide bonds. The number of aliphatic hydroxyl groups excluding tert-OH is 1. The molecular formula is C10H15ClN2O2S. The summed E-state index contributed by atoms with van der Waals surface area (Å²) in [7, 11) is 1.67. The zero-order valence-corrected chi connectivity index (χ0v) is 10.6. The fourth-order valence-corrected chi connectivity index (χ4v) is 2.31. The van der Waals surface area contributed by atoms with Crippen LogP contribution in [0.5, 0.6) is 0 Å². The molecule has 1 atom stereocenters. The molecule has 0 aliphatic carbocycles. The number of likely N-dealkylation sites (N-methyl/N-ethyl adjacent to an activating group) is 1. The lowest BCUT2D eigenvalue weighted by atomic mass is 10.2. The van der Waals surface area contributed by atoms with Gasteiger partial charge in [-0.05, 0) is 18.6 Å². The van der Waals surface area contributed by atoms with Gasteiger partial charge in [0.2, 0.25) is 5.91 Å². The predicted octanol–water partition coefficient (Wildman–Crippen LogP) is 0.722. The summed E-state index contributed by atoms with van der Waals surface area (Å²) in [5, 5.41) is 8.75. The molecule has 4 nitrogen and oxygen atoms in total. The minimum Gasteiger partial charge on any atom is -0.394 e. The Morgan fingerprint density at radius 3 is 2.88 bits per heavy atom. The molecule has 0 spiro atoms. The molecule has 0 saturated heterocycles. The fourth-order valence-electron chi connectivity index (χ4n) is 1.24. The topological polar surface area (TPSA) is 66.6 Å². The smallest absolute Gasteiger partial charge is 0.241 e. The summed E-state index contributed by atoms with van der Waals surface area (Å²) >= 11 is 7.30. The second-order valence-electron chi connectivity index (χ2n) is 3.50. The first-order chi connectivity index (χ1) is 7.54. The Balaban J connectivity index is 2.40. The van der Waals surface area contributed by atoms with Gasteiger partial charge in [0, 0.05) is 18.5 Å². The predicted molar refractivity (Wildman–Crippen MR) is 65.7 cm³/mol. The lowest BCUT2D eigenvalue weighted by molar-refractivity contribution is -0.132. The van der Waals surface area contributed by atoms with Gasteiger partial charge in [0.1, 0.15) is 6.04 Å². The van der Waals surface area contributed by atoms with E-state index >= 15 is 0 Å². The summed E-state index contributed by atoms with van der Waals surface area (Å²) in [6.07, 6.45) is 0.748. The Hall–Kier alpha value is -0.620. The maximum atomic E-state index is 11.5. The summed E-state index contributed by atoms with van der Waals surface area (Å²) in [5.74, 6) is -0.245. The summed E-state index contributed by atoms with van der Waals surface area (Å²) in [5.41, 5.74) is 5.43. The van der Waals surface area contributed by atoms with Gasteiger partial charge in [-0.2, -0.15) is 0 Å². The van der Waals surface area contributed by atoms with Crippen LogP contribution < -0.4 is 5.73 Å². The molecule has 1 rings (SSSR count). The summed E-state index contributed by atoms with van der Waals surface area (Å²) < 4.78 is 0.746. The van der Waals surface area contributed by atoms with Crippen molar-refractivity contribution >= 4 is 28.8 Å². The third kappa shape index (κ3) is 3.75. The van der Waals surface area contributed by atoms with Gasteiger partial charge in [0.25, 0.3) is 0 Å². The van der Waals surface area contributed by atoms with Crippen LogP contribution in [0.15, 0.2) is 12.1 Å². The van der Waals surface area contributed by atoms with Gasteiger partial charge in [-0.15, -0.1) is 11.3 Å². The lowest BCUT2D eigenvalue weighted by Gasteiger charge is -2.19. The third-order valence-electron chi connectivity index (χ3n) is 2.21. The van der Waals surface area contributed by atoms with Crippen molar-refractivity contribution in [2.24, 2.45) is 5.73 Å². The normalized spacial score (nSPS) is 12.5. The molecule has 16 heavy (non-hydrogen) atoms. The fraction of sp³-hybridized carbons (Fsp3) is 0.500. The van der Waals surface area contributed by atoms with E-state index in [1.165, 1.54) is 16.2 Å². The average Bonchev–Trinajstić information content (AvgIpc) is 2.69. The molecule has 1 aromatic rings. The molecule has 0 fully saturated rings. The van der Waals surface area contributed by atoms with Crippen LogP contribution in [0.1, 0.15) is 4.88 Å². The molecule has 1 heterocycles. The highest BCUT2D eigenvalue weighted by molar-refractivity contribution is 7.16. The largest absolute Gasteiger partial charge is 0.394 e. The van der Waals surface area contributed by atoms with Crippen LogP contribution >= 0.6 is 22.9 Å². The van der Waals surface area contributed by atoms with Crippen LogP contribution in [0.4, 0.5) is 0 Å². The van der Waals surface area contributed by atoms with Gasteiger partial charge in [-0.3, -0.25) is 4.79 Å². The number of amides is 1. The van der Waals surface area contributed by atoms with E-state index in [1.54, 1.807) is 7.05 Å². The summed E-state index contributed by atoms with van der Waals surface area (Å²) in [4.78, 5) is 14.2. The van der Waals surface area contributed by atoms with E-state index in [0.717, 1.165) is 15.6 Å². The van der Waals surface area contributed by atoms with E-state index in [9.17, 15) is 4.79 Å². The minimum atomic E-state index is -0.822. The first kappa shape index (κ1) is 13.4. The van der Waals surface area contributed by atoms with Crippen molar-refractivity contribution in [3.63, 3.8) is 0 Å². The van der Waals surface area contributed by atoms with E-state index in [-0.39, 0.29) is 12.5 Å². The molecule has 0 bridgehead atoms. The quantitative estimate of drug-likeness (QED) is 0.822. The molecule has 6 heteroatoms. The second kappa shape index (κ2) is 6.20. The molecule has 0 saturated carbocycles. The Bertz CT molecular complexity index is 356. The van der Waals surface area contributed by atoms with Crippen molar-refractivity contribution in [3.05, 3.63) is 21.3 Å². The molecule has 90 valence electrons. The molecule has 1 unspecified atom stereocenters. The highest BCUT2D eigenvalue weighted by Crippen LogP contribution is 2.21. The molecule has 3 N–H and O–H groups in total. The number of hydrogen-bond donors (Lipinski definition) is 2. The number of carbonyl (C=O) groups is 1. The van der Waals surface area contributed by atoms with Crippen molar-refractivity contribution in [2.45, 2.75) is 12.5 Å². The number of thiophene rings is 1. The zero-order valence-electron chi connectivity index (χ0n) is 9.02. The number of nitrogens with zero attached hydrogens (tertiary/aromatic N) is 1. The van der Waals surface area contributed by atoms with Gasteiger partial charge < -0.3 is 15.7 Å². The number of halogens is 1. The van der Waals surface area contributed by atoms with E-state index in [1.807, 2.05) is 12.1 Å². The van der Waals surface area contributed by atoms with E-state index in [0.29, 0.717) is 6.54 Å². The number of carbonyl (C=O) groups excluding carboxylic acids is 1. The zero-order chi connectivity index (χ0) is 12.1. The Labute approximate surface area is 104 Å². The Morgan fingerprint density at radius 2 is 2.38 bits per heavy atom. The molecule has 1 aromatic heterocycles. The van der Waals surface area contributed by atoms with Crippen molar-refractivity contribution in [3.8, 4) is 0 Å². The molecule has 0 radical (unpaired) electrons. The van der Waals surface area contributed by atoms with Gasteiger partial charge in [0.05, 0.1) is 10.9 Å². The maximum absolute atomic E-state index is 11.5. The average molecular weight is 263 g/mol. The first-order valence-corrected chi connectivity index (χ1v) is 6.09. The molecule has 0 aromatic carbocycles. The minimum absolute atomic E-state index is 0.245. The van der Waals surface area contributed by atoms with E-state index in [2.05, 4.69) is 0 Å². The van der Waals surface area contributed by atoms with Crippen molar-refractivity contribution < 1.29 is 9.90 Å². The number of rotatable bonds is 5. The van der Waals surface area contributed by atoms with Crippen LogP contribution in [-0.4, -0.2) is 42.2 Å². The van der Waals surface area contributed by atoms with Crippen molar-refractivity contribution in [2.75, 3.05) is 20.2 Å². The van der Waals surface area contributed by atoms with Crippen LogP contribution in [0, 0.1) is 0 Å². The van der Waals surface area contributed by atoms with Crippen LogP contribution in [0.2, 0.25) is 4.34 Å². The van der Waals surface area contributed by atoms with Gasteiger partial charge in [-0.1, -0.05) is 11.6 Å². The van der Waals surface area contributed by atoms with Gasteiger partial charge in [-0.25, -0.2) is 0 Å². The number of hydrogen-bond acceptors (Lipinski definition) is 4. The lowest BCUT2D eigenvalue weighted by Crippen LogP contribution is -2.44. The monoisotopic (exact) mass is 262 g/mol. The molecule has 0 aliphatic rings. The van der Waals surface area contributed by atoms with E-state index < -0.39 is 6.04 Å². The summed E-state index contributed by atoms with van der Waals surface area (Å²) in [6, 6.07) is 2.96. The van der Waals surface area contributed by atoms with E-state index in [4.69, 9.17) is 22.4 Å². The standard InChI is InChI=1S/C10H15ClN2O2S/c1-13(10(15)8(12)6-14)5-4-7-2-3-9(11)16-7/h2-3,8,14H,4-6,12H2,1H3. The van der Waals surface area contributed by atoms with Crippen LogP contribution in [-0.2, 0) is 11.2 Å². The van der Waals surface area contributed by atoms with Crippen molar-refractivity contribution in [1.29, 1.82) is 0 Å². The SMILES string of the molecule is CN(CCc1ccc(Cl)s1)C(=O)C(N)CO. The molecular weight excluding hydrogens is 248 g/mol. The van der Waals surface area contributed by atoms with Crippen molar-refractivity contribution in [1.82, 2.24) is 4.90 Å². The molecule has 0 aliphatic heterocycles. The second-order valence-corrected chi connectivity index (χ2v) is 5.30. The van der Waals surface area contributed by atoms with Crippen LogP contribution in [0.25, 0.3) is 0 Å². The number of aliphatic hydroxyl groups is 1. The first-order valence-electron chi connectivity index (χ1n) is 4.90. The maximum Gasteiger partial charge on any atom is 0.241 e. The van der Waals surface area contributed by atoms with Gasteiger partial charge >= 0.3 is 0 Å².